The number of hydrogen-bond acceptors (Lipinski definition) is 5. The third kappa shape index (κ3) is 5.48. The Morgan fingerprint density at radius 3 is 2.43 bits per heavy atom. The number of aromatic amines is 1. The summed E-state index contributed by atoms with van der Waals surface area (Å²) in [5.41, 5.74) is 9.06. The number of para-hydroxylation sites is 1. The molecule has 0 bridgehead atoms. The van der Waals surface area contributed by atoms with Crippen molar-refractivity contribution in [3.05, 3.63) is 119 Å². The minimum Gasteiger partial charge on any atom is -0.489 e. The van der Waals surface area contributed by atoms with Gasteiger partial charge in [-0.05, 0) is 61.9 Å². The van der Waals surface area contributed by atoms with Crippen LogP contribution in [-0.4, -0.2) is 32.1 Å². The number of amides is 1. The van der Waals surface area contributed by atoms with E-state index in [2.05, 4.69) is 25.8 Å². The standard InChI is InChI=1S/C29H26N6O2/c1-20-26(21(2)35(34-20)24-11-7-4-8-12-24)18-30-33-29(36)28-17-27(31-32-28)23-13-15-25(16-14-23)37-19-22-9-5-3-6-10-22/h3-18H,19H2,1-2H3,(H,31,32)(H,33,36)/b30-18-. The molecule has 0 saturated heterocycles. The normalized spacial score (nSPS) is 11.1. The number of nitrogens with zero attached hydrogens (tertiary/aromatic N) is 4. The molecule has 0 aliphatic carbocycles. The lowest BCUT2D eigenvalue weighted by Crippen LogP contribution is -2.18. The van der Waals surface area contributed by atoms with Gasteiger partial charge in [0.2, 0.25) is 0 Å². The summed E-state index contributed by atoms with van der Waals surface area (Å²) in [7, 11) is 0. The van der Waals surface area contributed by atoms with E-state index in [4.69, 9.17) is 4.74 Å². The van der Waals surface area contributed by atoms with Crippen LogP contribution in [0.1, 0.15) is 33.0 Å². The van der Waals surface area contributed by atoms with Gasteiger partial charge in [-0.25, -0.2) is 10.1 Å². The van der Waals surface area contributed by atoms with E-state index in [0.717, 1.165) is 39.5 Å². The number of hydrogen-bond donors (Lipinski definition) is 2. The second-order valence-electron chi connectivity index (χ2n) is 8.50. The molecule has 1 amide bonds. The molecular formula is C29H26N6O2. The number of carbonyl (C=O) groups is 1. The summed E-state index contributed by atoms with van der Waals surface area (Å²) in [5, 5.41) is 15.8. The zero-order valence-electron chi connectivity index (χ0n) is 20.6. The van der Waals surface area contributed by atoms with Crippen molar-refractivity contribution in [1.29, 1.82) is 0 Å². The molecule has 8 nitrogen and oxygen atoms in total. The van der Waals surface area contributed by atoms with Crippen LogP contribution in [0.15, 0.2) is 96.1 Å². The van der Waals surface area contributed by atoms with Crippen molar-refractivity contribution >= 4 is 12.1 Å². The van der Waals surface area contributed by atoms with Gasteiger partial charge in [0.15, 0.2) is 0 Å². The fourth-order valence-corrected chi connectivity index (χ4v) is 3.93. The number of benzene rings is 3. The minimum absolute atomic E-state index is 0.310. The molecule has 0 saturated carbocycles. The molecule has 5 aromatic rings. The highest BCUT2D eigenvalue weighted by molar-refractivity contribution is 5.94. The average molecular weight is 491 g/mol. The maximum absolute atomic E-state index is 12.6. The van der Waals surface area contributed by atoms with Gasteiger partial charge in [0.1, 0.15) is 18.1 Å². The SMILES string of the molecule is Cc1nn(-c2ccccc2)c(C)c1/C=N\NC(=O)c1cc(-c2ccc(OCc3ccccc3)cc2)n[nH]1. The van der Waals surface area contributed by atoms with Crippen LogP contribution in [0, 0.1) is 13.8 Å². The summed E-state index contributed by atoms with van der Waals surface area (Å²) >= 11 is 0. The van der Waals surface area contributed by atoms with Crippen LogP contribution in [0.5, 0.6) is 5.75 Å². The Bertz CT molecular complexity index is 1520. The molecule has 3 aromatic carbocycles. The fourth-order valence-electron chi connectivity index (χ4n) is 3.93. The van der Waals surface area contributed by atoms with E-state index in [1.54, 1.807) is 12.3 Å². The van der Waals surface area contributed by atoms with Crippen LogP contribution in [0.25, 0.3) is 16.9 Å². The first-order valence-electron chi connectivity index (χ1n) is 11.9. The predicted octanol–water partition coefficient (Wildman–Crippen LogP) is 5.22. The Morgan fingerprint density at radius 1 is 1.00 bits per heavy atom. The van der Waals surface area contributed by atoms with E-state index >= 15 is 0 Å². The molecule has 0 spiro atoms. The summed E-state index contributed by atoms with van der Waals surface area (Å²) in [4.78, 5) is 12.6. The number of ether oxygens (including phenoxy) is 1. The molecule has 0 atom stereocenters. The largest absolute Gasteiger partial charge is 0.489 e. The third-order valence-corrected chi connectivity index (χ3v) is 5.93. The smallest absolute Gasteiger partial charge is 0.289 e. The van der Waals surface area contributed by atoms with Crippen molar-refractivity contribution in [1.82, 2.24) is 25.4 Å². The van der Waals surface area contributed by atoms with Gasteiger partial charge in [-0.2, -0.15) is 15.3 Å². The topological polar surface area (TPSA) is 97.2 Å². The Labute approximate surface area is 214 Å². The van der Waals surface area contributed by atoms with Gasteiger partial charge >= 0.3 is 0 Å². The first kappa shape index (κ1) is 23.7. The summed E-state index contributed by atoms with van der Waals surface area (Å²) in [5.74, 6) is 0.375. The van der Waals surface area contributed by atoms with Crippen molar-refractivity contribution in [3.8, 4) is 22.7 Å². The van der Waals surface area contributed by atoms with Gasteiger partial charge in [-0.1, -0.05) is 48.5 Å². The molecular weight excluding hydrogens is 464 g/mol. The lowest BCUT2D eigenvalue weighted by Gasteiger charge is -2.06. The van der Waals surface area contributed by atoms with Crippen molar-refractivity contribution in [2.45, 2.75) is 20.5 Å². The summed E-state index contributed by atoms with van der Waals surface area (Å²) < 4.78 is 7.70. The molecule has 8 heteroatoms. The Morgan fingerprint density at radius 2 is 1.70 bits per heavy atom. The number of carbonyl (C=O) groups excluding carboxylic acids is 1. The van der Waals surface area contributed by atoms with E-state index in [9.17, 15) is 4.79 Å². The zero-order valence-corrected chi connectivity index (χ0v) is 20.6. The van der Waals surface area contributed by atoms with Gasteiger partial charge in [0.25, 0.3) is 5.91 Å². The number of rotatable bonds is 8. The molecule has 2 N–H and O–H groups in total. The number of H-pyrrole nitrogens is 1. The Kier molecular flexibility index (Phi) is 6.89. The molecule has 0 radical (unpaired) electrons. The van der Waals surface area contributed by atoms with Crippen LogP contribution < -0.4 is 10.2 Å². The maximum Gasteiger partial charge on any atom is 0.289 e. The molecule has 0 aliphatic heterocycles. The second kappa shape index (κ2) is 10.7. The van der Waals surface area contributed by atoms with E-state index < -0.39 is 0 Å². The van der Waals surface area contributed by atoms with E-state index in [0.29, 0.717) is 18.0 Å². The van der Waals surface area contributed by atoms with Crippen LogP contribution >= 0.6 is 0 Å². The van der Waals surface area contributed by atoms with Crippen molar-refractivity contribution in [3.63, 3.8) is 0 Å². The van der Waals surface area contributed by atoms with Gasteiger partial charge < -0.3 is 4.74 Å². The molecule has 0 unspecified atom stereocenters. The first-order chi connectivity index (χ1) is 18.1. The van der Waals surface area contributed by atoms with E-state index in [1.165, 1.54) is 0 Å². The van der Waals surface area contributed by atoms with E-state index in [-0.39, 0.29) is 5.91 Å². The highest BCUT2D eigenvalue weighted by Crippen LogP contribution is 2.22. The molecule has 184 valence electrons. The molecule has 0 aliphatic rings. The van der Waals surface area contributed by atoms with Gasteiger partial charge in [-0.3, -0.25) is 9.89 Å². The van der Waals surface area contributed by atoms with Crippen molar-refractivity contribution in [2.24, 2.45) is 5.10 Å². The van der Waals surface area contributed by atoms with Crippen LogP contribution in [0.4, 0.5) is 0 Å². The number of hydrazone groups is 1. The molecule has 2 heterocycles. The summed E-state index contributed by atoms with van der Waals surface area (Å²) in [6.07, 6.45) is 1.61. The monoisotopic (exact) mass is 490 g/mol. The van der Waals surface area contributed by atoms with Crippen LogP contribution in [0.2, 0.25) is 0 Å². The highest BCUT2D eigenvalue weighted by Gasteiger charge is 2.13. The Hall–Kier alpha value is -4.98. The predicted molar refractivity (Wildman–Crippen MR) is 143 cm³/mol. The number of nitrogens with one attached hydrogen (secondary N) is 2. The number of aromatic nitrogens is 4. The third-order valence-electron chi connectivity index (χ3n) is 5.93. The second-order valence-corrected chi connectivity index (χ2v) is 8.50. The minimum atomic E-state index is -0.386. The molecule has 0 fully saturated rings. The van der Waals surface area contributed by atoms with E-state index in [1.807, 2.05) is 103 Å². The molecule has 37 heavy (non-hydrogen) atoms. The summed E-state index contributed by atoms with van der Waals surface area (Å²) in [6, 6.07) is 29.1. The first-order valence-corrected chi connectivity index (χ1v) is 11.9. The van der Waals surface area contributed by atoms with Crippen LogP contribution in [0.3, 0.4) is 0 Å². The van der Waals surface area contributed by atoms with Gasteiger partial charge in [0, 0.05) is 11.1 Å². The highest BCUT2D eigenvalue weighted by atomic mass is 16.5. The van der Waals surface area contributed by atoms with Crippen LogP contribution in [-0.2, 0) is 6.61 Å². The van der Waals surface area contributed by atoms with Gasteiger partial charge in [0.05, 0.1) is 29.0 Å². The fraction of sp³-hybridized carbons (Fsp3) is 0.103. The quantitative estimate of drug-likeness (QED) is 0.230. The molecule has 5 rings (SSSR count). The average Bonchev–Trinajstić information content (AvgIpc) is 3.54. The van der Waals surface area contributed by atoms with Crippen molar-refractivity contribution in [2.75, 3.05) is 0 Å². The molecule has 2 aromatic heterocycles. The Balaban J connectivity index is 1.20. The maximum atomic E-state index is 12.6. The lowest BCUT2D eigenvalue weighted by atomic mass is 10.1. The summed E-state index contributed by atoms with van der Waals surface area (Å²) in [6.45, 7) is 4.38. The number of aryl methyl sites for hydroxylation is 1. The lowest BCUT2D eigenvalue weighted by molar-refractivity contribution is 0.0950. The van der Waals surface area contributed by atoms with Crippen molar-refractivity contribution < 1.29 is 9.53 Å². The zero-order chi connectivity index (χ0) is 25.6. The van der Waals surface area contributed by atoms with Gasteiger partial charge in [-0.15, -0.1) is 0 Å².